The van der Waals surface area contributed by atoms with Crippen LogP contribution in [0.3, 0.4) is 0 Å². The predicted molar refractivity (Wildman–Crippen MR) is 76.9 cm³/mol. The molecule has 1 N–H and O–H groups in total. The van der Waals surface area contributed by atoms with Crippen LogP contribution in [0.25, 0.3) is 0 Å². The van der Waals surface area contributed by atoms with Crippen LogP contribution in [-0.2, 0) is 4.79 Å². The molecule has 0 fully saturated rings. The van der Waals surface area contributed by atoms with Gasteiger partial charge in [0.15, 0.2) is 6.10 Å². The van der Waals surface area contributed by atoms with Crippen LogP contribution in [0.4, 0.5) is 0 Å². The molecule has 0 aliphatic heterocycles. The van der Waals surface area contributed by atoms with E-state index in [-0.39, 0.29) is 11.3 Å². The molecule has 1 aromatic carbocycles. The highest BCUT2D eigenvalue weighted by atomic mass is 16.5. The highest BCUT2D eigenvalue weighted by Crippen LogP contribution is 2.20. The topological polar surface area (TPSA) is 63.6 Å². The van der Waals surface area contributed by atoms with Crippen molar-refractivity contribution in [3.8, 4) is 5.75 Å². The summed E-state index contributed by atoms with van der Waals surface area (Å²) in [5, 5.41) is 9.05. The second-order valence-corrected chi connectivity index (χ2v) is 4.73. The third-order valence-electron chi connectivity index (χ3n) is 3.09. The van der Waals surface area contributed by atoms with E-state index in [9.17, 15) is 9.59 Å². The first-order valence-electron chi connectivity index (χ1n) is 7.05. The maximum atomic E-state index is 11.0. The minimum absolute atomic E-state index is 0.0683. The molecule has 0 heterocycles. The highest BCUT2D eigenvalue weighted by Gasteiger charge is 2.15. The second kappa shape index (κ2) is 9.13. The van der Waals surface area contributed by atoms with Crippen LogP contribution >= 0.6 is 0 Å². The molecule has 20 heavy (non-hydrogen) atoms. The molecule has 0 saturated carbocycles. The monoisotopic (exact) mass is 277 g/mol. The summed E-state index contributed by atoms with van der Waals surface area (Å²) in [7, 11) is 0. The maximum absolute atomic E-state index is 11.0. The normalized spacial score (nSPS) is 11.8. The summed E-state index contributed by atoms with van der Waals surface area (Å²) in [4.78, 5) is 22.0. The van der Waals surface area contributed by atoms with Crippen LogP contribution < -0.4 is 4.74 Å². The second-order valence-electron chi connectivity index (χ2n) is 4.73. The van der Waals surface area contributed by atoms with Gasteiger partial charge in [0, 0.05) is 0 Å². The smallest absolute Gasteiger partial charge is 0.339 e. The fourth-order valence-electron chi connectivity index (χ4n) is 1.97. The summed E-state index contributed by atoms with van der Waals surface area (Å²) in [5.41, 5.74) is 0.0683. The summed E-state index contributed by atoms with van der Waals surface area (Å²) in [6.07, 6.45) is 7.16. The Bertz CT molecular complexity index is 428. The molecule has 109 valence electrons. The Balaban J connectivity index is 2.51. The zero-order valence-corrected chi connectivity index (χ0v) is 11.8. The van der Waals surface area contributed by atoms with Gasteiger partial charge in [-0.25, -0.2) is 4.79 Å². The third kappa shape index (κ3) is 5.43. The summed E-state index contributed by atoms with van der Waals surface area (Å²) in [6.45, 7) is 2.15. The van der Waals surface area contributed by atoms with Crippen LogP contribution in [0.5, 0.6) is 5.75 Å². The van der Waals surface area contributed by atoms with Gasteiger partial charge in [-0.1, -0.05) is 44.7 Å². The molecule has 0 aliphatic carbocycles. The molecule has 1 atom stereocenters. The van der Waals surface area contributed by atoms with Crippen LogP contribution in [0.2, 0.25) is 0 Å². The number of unbranched alkanes of at least 4 members (excludes halogenated alkanes) is 4. The average molecular weight is 277 g/mol. The number of carboxylic acids is 1. The third-order valence-corrected chi connectivity index (χ3v) is 3.09. The molecule has 1 aromatic rings. The van der Waals surface area contributed by atoms with Crippen LogP contribution in [-0.4, -0.2) is 23.5 Å². The summed E-state index contributed by atoms with van der Waals surface area (Å²) < 4.78 is 5.46. The molecular weight excluding hydrogens is 256 g/mol. The molecule has 1 radical (unpaired) electrons. The number of ether oxygens (including phenoxy) is 1. The van der Waals surface area contributed by atoms with Crippen LogP contribution in [0.15, 0.2) is 24.3 Å². The van der Waals surface area contributed by atoms with Gasteiger partial charge in [0.2, 0.25) is 6.29 Å². The molecule has 0 aliphatic rings. The Labute approximate surface area is 119 Å². The Hall–Kier alpha value is -1.84. The minimum Gasteiger partial charge on any atom is -0.481 e. The highest BCUT2D eigenvalue weighted by molar-refractivity contribution is 5.90. The molecule has 0 aromatic heterocycles. The van der Waals surface area contributed by atoms with E-state index in [2.05, 4.69) is 6.92 Å². The lowest BCUT2D eigenvalue weighted by molar-refractivity contribution is 0.0690. The Morgan fingerprint density at radius 3 is 2.60 bits per heavy atom. The molecular formula is C16H21O4. The zero-order valence-electron chi connectivity index (χ0n) is 11.8. The molecule has 1 unspecified atom stereocenters. The van der Waals surface area contributed by atoms with E-state index >= 15 is 0 Å². The fraction of sp³-hybridized carbons (Fsp3) is 0.500. The lowest BCUT2D eigenvalue weighted by atomic mass is 10.1. The van der Waals surface area contributed by atoms with Crippen LogP contribution in [0, 0.1) is 0 Å². The van der Waals surface area contributed by atoms with Gasteiger partial charge in [-0.05, 0) is 25.0 Å². The Kier molecular flexibility index (Phi) is 7.40. The maximum Gasteiger partial charge on any atom is 0.339 e. The quantitative estimate of drug-likeness (QED) is 0.664. The molecule has 0 amide bonds. The van der Waals surface area contributed by atoms with E-state index in [1.54, 1.807) is 18.2 Å². The van der Waals surface area contributed by atoms with Crippen molar-refractivity contribution in [2.75, 3.05) is 0 Å². The van der Waals surface area contributed by atoms with Crippen molar-refractivity contribution in [2.24, 2.45) is 0 Å². The number of carbonyl (C=O) groups excluding carboxylic acids is 1. The standard InChI is InChI=1S/C16H21O4/c1-2-3-4-5-6-9-13(12-17)20-15-11-8-7-10-14(15)16(18)19/h7-8,10-11,13H,2-6,9H2,1H3,(H,18,19). The number of carboxylic acid groups (broad SMARTS) is 1. The van der Waals surface area contributed by atoms with Gasteiger partial charge in [0.25, 0.3) is 0 Å². The van der Waals surface area contributed by atoms with E-state index in [0.717, 1.165) is 19.3 Å². The lowest BCUT2D eigenvalue weighted by Gasteiger charge is -2.14. The van der Waals surface area contributed by atoms with E-state index in [4.69, 9.17) is 9.84 Å². The van der Waals surface area contributed by atoms with Crippen molar-refractivity contribution in [3.05, 3.63) is 29.8 Å². The van der Waals surface area contributed by atoms with Gasteiger partial charge in [0.1, 0.15) is 11.3 Å². The van der Waals surface area contributed by atoms with Gasteiger partial charge in [0.05, 0.1) is 0 Å². The van der Waals surface area contributed by atoms with E-state index in [1.807, 2.05) is 6.29 Å². The zero-order chi connectivity index (χ0) is 14.8. The van der Waals surface area contributed by atoms with E-state index < -0.39 is 12.1 Å². The summed E-state index contributed by atoms with van der Waals surface area (Å²) >= 11 is 0. The lowest BCUT2D eigenvalue weighted by Crippen LogP contribution is -2.19. The summed E-state index contributed by atoms with van der Waals surface area (Å²) in [5.74, 6) is -0.838. The SMILES string of the molecule is CCCCCCCC([C]=O)Oc1ccccc1C(=O)O. The molecule has 4 heteroatoms. The van der Waals surface area contributed by atoms with E-state index in [1.165, 1.54) is 18.9 Å². The molecule has 0 bridgehead atoms. The Morgan fingerprint density at radius 2 is 1.95 bits per heavy atom. The number of aromatic carboxylic acids is 1. The Morgan fingerprint density at radius 1 is 1.25 bits per heavy atom. The number of para-hydroxylation sites is 1. The van der Waals surface area contributed by atoms with Gasteiger partial charge < -0.3 is 9.84 Å². The van der Waals surface area contributed by atoms with Crippen molar-refractivity contribution < 1.29 is 19.4 Å². The van der Waals surface area contributed by atoms with Gasteiger partial charge in [-0.3, -0.25) is 4.79 Å². The number of carbonyl (C=O) groups is 1. The van der Waals surface area contributed by atoms with Gasteiger partial charge >= 0.3 is 5.97 Å². The molecule has 0 spiro atoms. The summed E-state index contributed by atoms with van der Waals surface area (Å²) in [6, 6.07) is 6.33. The van der Waals surface area contributed by atoms with Crippen molar-refractivity contribution >= 4 is 12.3 Å². The predicted octanol–water partition coefficient (Wildman–Crippen LogP) is 3.60. The first kappa shape index (κ1) is 16.2. The van der Waals surface area contributed by atoms with Crippen LogP contribution in [0.1, 0.15) is 55.8 Å². The largest absolute Gasteiger partial charge is 0.481 e. The number of hydrogen-bond donors (Lipinski definition) is 1. The minimum atomic E-state index is -1.06. The molecule has 1 rings (SSSR count). The first-order valence-corrected chi connectivity index (χ1v) is 7.05. The number of benzene rings is 1. The average Bonchev–Trinajstić information content (AvgIpc) is 2.46. The van der Waals surface area contributed by atoms with Crippen molar-refractivity contribution in [1.29, 1.82) is 0 Å². The number of hydrogen-bond acceptors (Lipinski definition) is 3. The van der Waals surface area contributed by atoms with Crippen molar-refractivity contribution in [1.82, 2.24) is 0 Å². The number of rotatable bonds is 10. The molecule has 0 saturated heterocycles. The fourth-order valence-corrected chi connectivity index (χ4v) is 1.97. The first-order chi connectivity index (χ1) is 9.69. The van der Waals surface area contributed by atoms with Crippen molar-refractivity contribution in [3.63, 3.8) is 0 Å². The van der Waals surface area contributed by atoms with Gasteiger partial charge in [-0.15, -0.1) is 0 Å². The molecule has 4 nitrogen and oxygen atoms in total. The van der Waals surface area contributed by atoms with Gasteiger partial charge in [-0.2, -0.15) is 0 Å². The van der Waals surface area contributed by atoms with E-state index in [0.29, 0.717) is 6.42 Å². The van der Waals surface area contributed by atoms with Crippen molar-refractivity contribution in [2.45, 2.75) is 51.6 Å².